The van der Waals surface area contributed by atoms with Crippen LogP contribution in [-0.2, 0) is 20.7 Å². The van der Waals surface area contributed by atoms with Crippen molar-refractivity contribution in [1.82, 2.24) is 9.80 Å². The summed E-state index contributed by atoms with van der Waals surface area (Å²) in [7, 11) is 1.37. The standard InChI is InChI=1S/C21H34N2O4/c1-6-18-10-9-11-19(14-18)27-16-20(24)23(13-12-22(7-2)8-3)15-17(4)21(25)26-5/h9-11,14,17H,6-8,12-13,15-16H2,1-5H3. The number of hydrogen-bond donors (Lipinski definition) is 0. The van der Waals surface area contributed by atoms with Crippen LogP contribution in [0.25, 0.3) is 0 Å². The fourth-order valence-electron chi connectivity index (χ4n) is 2.82. The molecule has 0 aliphatic rings. The van der Waals surface area contributed by atoms with E-state index in [9.17, 15) is 9.59 Å². The molecule has 0 fully saturated rings. The Labute approximate surface area is 163 Å². The van der Waals surface area contributed by atoms with Gasteiger partial charge in [-0.15, -0.1) is 0 Å². The van der Waals surface area contributed by atoms with Gasteiger partial charge in [-0.25, -0.2) is 0 Å². The molecule has 6 nitrogen and oxygen atoms in total. The van der Waals surface area contributed by atoms with E-state index in [1.54, 1.807) is 11.8 Å². The number of aryl methyl sites for hydroxylation is 1. The third kappa shape index (κ3) is 7.99. The summed E-state index contributed by atoms with van der Waals surface area (Å²) in [6.45, 7) is 11.5. The van der Waals surface area contributed by atoms with Gasteiger partial charge in [0.2, 0.25) is 0 Å². The highest BCUT2D eigenvalue weighted by molar-refractivity contribution is 5.79. The summed E-state index contributed by atoms with van der Waals surface area (Å²) >= 11 is 0. The molecule has 1 aromatic rings. The molecule has 0 radical (unpaired) electrons. The molecule has 0 heterocycles. The van der Waals surface area contributed by atoms with Crippen molar-refractivity contribution in [2.24, 2.45) is 5.92 Å². The van der Waals surface area contributed by atoms with Crippen molar-refractivity contribution in [2.75, 3.05) is 46.4 Å². The minimum absolute atomic E-state index is 0.0424. The number of methoxy groups -OCH3 is 1. The summed E-state index contributed by atoms with van der Waals surface area (Å²) in [5.41, 5.74) is 1.16. The van der Waals surface area contributed by atoms with E-state index in [1.165, 1.54) is 7.11 Å². The van der Waals surface area contributed by atoms with Gasteiger partial charge in [-0.2, -0.15) is 0 Å². The molecule has 27 heavy (non-hydrogen) atoms. The first-order chi connectivity index (χ1) is 12.9. The van der Waals surface area contributed by atoms with E-state index < -0.39 is 0 Å². The van der Waals surface area contributed by atoms with Crippen LogP contribution in [0.1, 0.15) is 33.3 Å². The fraction of sp³-hybridized carbons (Fsp3) is 0.619. The highest BCUT2D eigenvalue weighted by atomic mass is 16.5. The van der Waals surface area contributed by atoms with Crippen LogP contribution in [0.2, 0.25) is 0 Å². The van der Waals surface area contributed by atoms with Crippen molar-refractivity contribution < 1.29 is 19.1 Å². The number of benzene rings is 1. The molecule has 0 aliphatic carbocycles. The highest BCUT2D eigenvalue weighted by Gasteiger charge is 2.22. The topological polar surface area (TPSA) is 59.1 Å². The zero-order valence-corrected chi connectivity index (χ0v) is 17.4. The van der Waals surface area contributed by atoms with E-state index in [4.69, 9.17) is 9.47 Å². The zero-order chi connectivity index (χ0) is 20.2. The molecule has 0 aromatic heterocycles. The van der Waals surface area contributed by atoms with Gasteiger partial charge >= 0.3 is 5.97 Å². The number of nitrogens with zero attached hydrogens (tertiary/aromatic N) is 2. The average Bonchev–Trinajstić information content (AvgIpc) is 2.71. The van der Waals surface area contributed by atoms with Gasteiger partial charge in [0.1, 0.15) is 5.75 Å². The largest absolute Gasteiger partial charge is 0.484 e. The SMILES string of the molecule is CCc1cccc(OCC(=O)N(CCN(CC)CC)CC(C)C(=O)OC)c1. The Balaban J connectivity index is 2.73. The van der Waals surface area contributed by atoms with E-state index in [0.717, 1.165) is 31.6 Å². The summed E-state index contributed by atoms with van der Waals surface area (Å²) in [6, 6.07) is 7.76. The van der Waals surface area contributed by atoms with Crippen molar-refractivity contribution in [1.29, 1.82) is 0 Å². The third-order valence-corrected chi connectivity index (χ3v) is 4.70. The number of rotatable bonds is 12. The molecule has 1 unspecified atom stereocenters. The number of likely N-dealkylation sites (N-methyl/N-ethyl adjacent to an activating group) is 1. The van der Waals surface area contributed by atoms with Crippen molar-refractivity contribution in [2.45, 2.75) is 34.1 Å². The first-order valence-electron chi connectivity index (χ1n) is 9.74. The number of amides is 1. The zero-order valence-electron chi connectivity index (χ0n) is 17.4. The van der Waals surface area contributed by atoms with E-state index >= 15 is 0 Å². The second-order valence-corrected chi connectivity index (χ2v) is 6.58. The van der Waals surface area contributed by atoms with Crippen LogP contribution in [0.5, 0.6) is 5.75 Å². The quantitative estimate of drug-likeness (QED) is 0.523. The van der Waals surface area contributed by atoms with Gasteiger partial charge in [0.05, 0.1) is 13.0 Å². The van der Waals surface area contributed by atoms with Gasteiger partial charge < -0.3 is 19.3 Å². The predicted molar refractivity (Wildman–Crippen MR) is 107 cm³/mol. The molecule has 1 aromatic carbocycles. The molecular weight excluding hydrogens is 344 g/mol. The van der Waals surface area contributed by atoms with Gasteiger partial charge in [-0.05, 0) is 37.2 Å². The Morgan fingerprint density at radius 3 is 2.41 bits per heavy atom. The average molecular weight is 379 g/mol. The van der Waals surface area contributed by atoms with Crippen molar-refractivity contribution in [3.8, 4) is 5.75 Å². The minimum Gasteiger partial charge on any atom is -0.484 e. The molecule has 0 bridgehead atoms. The lowest BCUT2D eigenvalue weighted by Crippen LogP contribution is -2.44. The maximum Gasteiger partial charge on any atom is 0.310 e. The molecular formula is C21H34N2O4. The first-order valence-corrected chi connectivity index (χ1v) is 9.74. The van der Waals surface area contributed by atoms with Crippen LogP contribution in [-0.4, -0.2) is 68.1 Å². The van der Waals surface area contributed by atoms with Crippen LogP contribution in [0.4, 0.5) is 0 Å². The van der Waals surface area contributed by atoms with Crippen LogP contribution >= 0.6 is 0 Å². The smallest absolute Gasteiger partial charge is 0.310 e. The van der Waals surface area contributed by atoms with Crippen LogP contribution in [0.15, 0.2) is 24.3 Å². The second kappa shape index (κ2) is 12.3. The summed E-state index contributed by atoms with van der Waals surface area (Å²) in [5.74, 6) is -0.126. The number of hydrogen-bond acceptors (Lipinski definition) is 5. The minimum atomic E-state index is -0.376. The molecule has 0 spiro atoms. The predicted octanol–water partition coefficient (Wildman–Crippen LogP) is 2.61. The van der Waals surface area contributed by atoms with Crippen LogP contribution in [0, 0.1) is 5.92 Å². The van der Waals surface area contributed by atoms with Gasteiger partial charge in [-0.1, -0.05) is 39.8 Å². The van der Waals surface area contributed by atoms with Gasteiger partial charge in [0.25, 0.3) is 5.91 Å². The number of ether oxygens (including phenoxy) is 2. The molecule has 0 N–H and O–H groups in total. The van der Waals surface area contributed by atoms with Crippen LogP contribution < -0.4 is 4.74 Å². The Morgan fingerprint density at radius 2 is 1.81 bits per heavy atom. The molecule has 1 rings (SSSR count). The third-order valence-electron chi connectivity index (χ3n) is 4.70. The van der Waals surface area contributed by atoms with Gasteiger partial charge in [0, 0.05) is 19.6 Å². The maximum absolute atomic E-state index is 12.7. The van der Waals surface area contributed by atoms with Gasteiger partial charge in [-0.3, -0.25) is 9.59 Å². The lowest BCUT2D eigenvalue weighted by Gasteiger charge is -2.28. The molecule has 0 saturated heterocycles. The van der Waals surface area contributed by atoms with Gasteiger partial charge in [0.15, 0.2) is 6.61 Å². The first kappa shape index (κ1) is 23.0. The Bertz CT molecular complexity index is 587. The highest BCUT2D eigenvalue weighted by Crippen LogP contribution is 2.14. The van der Waals surface area contributed by atoms with E-state index in [1.807, 2.05) is 24.3 Å². The Hall–Kier alpha value is -2.08. The fourth-order valence-corrected chi connectivity index (χ4v) is 2.82. The Morgan fingerprint density at radius 1 is 1.11 bits per heavy atom. The van der Waals surface area contributed by atoms with E-state index in [0.29, 0.717) is 18.8 Å². The van der Waals surface area contributed by atoms with Crippen LogP contribution in [0.3, 0.4) is 0 Å². The van der Waals surface area contributed by atoms with Crippen molar-refractivity contribution >= 4 is 11.9 Å². The van der Waals surface area contributed by atoms with Crippen molar-refractivity contribution in [3.05, 3.63) is 29.8 Å². The monoisotopic (exact) mass is 378 g/mol. The van der Waals surface area contributed by atoms with E-state index in [2.05, 4.69) is 25.7 Å². The number of esters is 1. The second-order valence-electron chi connectivity index (χ2n) is 6.58. The molecule has 152 valence electrons. The Kier molecular flexibility index (Phi) is 10.5. The molecule has 1 amide bonds. The number of carbonyl (C=O) groups is 2. The molecule has 1 atom stereocenters. The molecule has 6 heteroatoms. The number of carbonyl (C=O) groups excluding carboxylic acids is 2. The lowest BCUT2D eigenvalue weighted by molar-refractivity contribution is -0.146. The molecule has 0 saturated carbocycles. The normalized spacial score (nSPS) is 11.9. The van der Waals surface area contributed by atoms with E-state index in [-0.39, 0.29) is 24.4 Å². The maximum atomic E-state index is 12.7. The molecule has 0 aliphatic heterocycles. The lowest BCUT2D eigenvalue weighted by atomic mass is 10.1. The van der Waals surface area contributed by atoms with Crippen molar-refractivity contribution in [3.63, 3.8) is 0 Å². The summed E-state index contributed by atoms with van der Waals surface area (Å²) in [4.78, 5) is 28.4. The summed E-state index contributed by atoms with van der Waals surface area (Å²) < 4.78 is 10.5. The summed E-state index contributed by atoms with van der Waals surface area (Å²) in [6.07, 6.45) is 0.914. The summed E-state index contributed by atoms with van der Waals surface area (Å²) in [5, 5.41) is 0.